The van der Waals surface area contributed by atoms with Gasteiger partial charge in [-0.2, -0.15) is 0 Å². The molecule has 0 aromatic carbocycles. The van der Waals surface area contributed by atoms with E-state index in [1.165, 1.54) is 161 Å². The molecule has 0 heterocycles. The molecule has 0 aliphatic rings. The standard InChI is InChI=1S/C81H150O17P2/c1-7-9-11-13-15-17-19-21-24-29-33-39-45-51-57-63-78(83)91-69-76(97-81(86)66-60-54-48-41-35-31-27-23-26-28-32-37-43-49-55-61-73(3)4)71-95-99(87,88)93-67-75(82)68-94-100(89,90)96-72-77(70-92-79(84)64-58-52-46-42-36-38-44-50-56-62-74(5)6)98-80(85)65-59-53-47-40-34-30-25-22-20-18-16-14-12-10-8-2/h17-22,24-25,73-77,82H,7-16,23,26-72H2,1-6H3,(H,87,88)(H,89,90)/b19-17-,20-18-,24-21-,25-22-/t75-,76-,77-/m1/s1. The fraction of sp³-hybridized carbons (Fsp3) is 0.852. The second kappa shape index (κ2) is 71.6. The number of esters is 4. The third-order valence-electron chi connectivity index (χ3n) is 17.7. The first-order valence-electron chi connectivity index (χ1n) is 40.6. The molecule has 0 rings (SSSR count). The van der Waals surface area contributed by atoms with Crippen molar-refractivity contribution in [3.8, 4) is 0 Å². The van der Waals surface area contributed by atoms with Crippen LogP contribution in [0.1, 0.15) is 375 Å². The summed E-state index contributed by atoms with van der Waals surface area (Å²) in [6, 6.07) is 0. The molecule has 0 spiro atoms. The first kappa shape index (κ1) is 97.0. The van der Waals surface area contributed by atoms with Crippen LogP contribution in [0.2, 0.25) is 0 Å². The quantitative estimate of drug-likeness (QED) is 0.0169. The molecule has 0 fully saturated rings. The van der Waals surface area contributed by atoms with Crippen LogP contribution in [0.25, 0.3) is 0 Å². The summed E-state index contributed by atoms with van der Waals surface area (Å²) in [5.74, 6) is -0.631. The number of hydrogen-bond acceptors (Lipinski definition) is 15. The average Bonchev–Trinajstić information content (AvgIpc) is 0.932. The van der Waals surface area contributed by atoms with Gasteiger partial charge in [0.15, 0.2) is 12.2 Å². The van der Waals surface area contributed by atoms with Crippen LogP contribution in [0.4, 0.5) is 0 Å². The van der Waals surface area contributed by atoms with Crippen molar-refractivity contribution in [2.75, 3.05) is 39.6 Å². The van der Waals surface area contributed by atoms with Gasteiger partial charge in [0.05, 0.1) is 26.4 Å². The maximum absolute atomic E-state index is 13.1. The molecule has 2 unspecified atom stereocenters. The van der Waals surface area contributed by atoms with Crippen molar-refractivity contribution in [2.45, 2.75) is 394 Å². The maximum atomic E-state index is 13.1. The highest BCUT2D eigenvalue weighted by Crippen LogP contribution is 2.45. The molecule has 0 aliphatic heterocycles. The number of unbranched alkanes of at least 4 members (excludes halogenated alkanes) is 40. The Labute approximate surface area is 610 Å². The molecule has 0 radical (unpaired) electrons. The number of rotatable bonds is 76. The molecule has 100 heavy (non-hydrogen) atoms. The topological polar surface area (TPSA) is 237 Å². The van der Waals surface area contributed by atoms with Crippen LogP contribution in [0.15, 0.2) is 48.6 Å². The third kappa shape index (κ3) is 73.3. The first-order chi connectivity index (χ1) is 48.4. The molecular formula is C81H150O17P2. The highest BCUT2D eigenvalue weighted by molar-refractivity contribution is 7.47. The van der Waals surface area contributed by atoms with E-state index in [0.717, 1.165) is 134 Å². The van der Waals surface area contributed by atoms with Crippen LogP contribution in [0.3, 0.4) is 0 Å². The fourth-order valence-electron chi connectivity index (χ4n) is 11.5. The summed E-state index contributed by atoms with van der Waals surface area (Å²) in [5, 5.41) is 10.6. The molecule has 0 bridgehead atoms. The molecule has 0 aromatic rings. The van der Waals surface area contributed by atoms with E-state index in [2.05, 4.69) is 90.2 Å². The van der Waals surface area contributed by atoms with Crippen LogP contribution in [-0.4, -0.2) is 96.7 Å². The molecule has 3 N–H and O–H groups in total. The predicted octanol–water partition coefficient (Wildman–Crippen LogP) is 23.4. The average molecular weight is 1460 g/mol. The summed E-state index contributed by atoms with van der Waals surface area (Å²) in [6.45, 7) is 9.50. The monoisotopic (exact) mass is 1460 g/mol. The Bertz CT molecular complexity index is 2110. The molecule has 19 heteroatoms. The summed E-state index contributed by atoms with van der Waals surface area (Å²) >= 11 is 0. The highest BCUT2D eigenvalue weighted by atomic mass is 31.2. The van der Waals surface area contributed by atoms with Crippen molar-refractivity contribution in [1.82, 2.24) is 0 Å². The number of aliphatic hydroxyl groups excluding tert-OH is 1. The summed E-state index contributed by atoms with van der Waals surface area (Å²) in [5.41, 5.74) is 0. The van der Waals surface area contributed by atoms with Gasteiger partial charge in [0.1, 0.15) is 19.3 Å². The zero-order valence-corrected chi connectivity index (χ0v) is 66.3. The van der Waals surface area contributed by atoms with Crippen LogP contribution in [-0.2, 0) is 65.4 Å². The third-order valence-corrected chi connectivity index (χ3v) is 19.6. The van der Waals surface area contributed by atoms with Gasteiger partial charge < -0.3 is 33.8 Å². The lowest BCUT2D eigenvalue weighted by atomic mass is 10.0. The molecule has 0 amide bonds. The van der Waals surface area contributed by atoms with Gasteiger partial charge in [-0.1, -0.05) is 321 Å². The van der Waals surface area contributed by atoms with Crippen molar-refractivity contribution in [3.63, 3.8) is 0 Å². The molecule has 586 valence electrons. The van der Waals surface area contributed by atoms with Crippen molar-refractivity contribution < 1.29 is 80.2 Å². The lowest BCUT2D eigenvalue weighted by Gasteiger charge is -2.21. The maximum Gasteiger partial charge on any atom is 0.472 e. The molecule has 17 nitrogen and oxygen atoms in total. The van der Waals surface area contributed by atoms with Gasteiger partial charge >= 0.3 is 39.5 Å². The Balaban J connectivity index is 5.33. The number of phosphoric acid groups is 2. The minimum atomic E-state index is -4.97. The Kier molecular flexibility index (Phi) is 69.5. The lowest BCUT2D eigenvalue weighted by molar-refractivity contribution is -0.161. The zero-order chi connectivity index (χ0) is 73.5. The first-order valence-corrected chi connectivity index (χ1v) is 43.6. The van der Waals surface area contributed by atoms with Crippen LogP contribution in [0, 0.1) is 11.8 Å². The second-order valence-electron chi connectivity index (χ2n) is 28.7. The largest absolute Gasteiger partial charge is 0.472 e. The normalized spacial score (nSPS) is 14.2. The predicted molar refractivity (Wildman–Crippen MR) is 409 cm³/mol. The minimum absolute atomic E-state index is 0.0824. The highest BCUT2D eigenvalue weighted by Gasteiger charge is 2.30. The van der Waals surface area contributed by atoms with E-state index >= 15 is 0 Å². The number of allylic oxidation sites excluding steroid dienone is 8. The van der Waals surface area contributed by atoms with Crippen LogP contribution in [0.5, 0.6) is 0 Å². The SMILES string of the molecule is CCCCCC/C=C\C=C/CCCCCCCC(=O)OC[C@H](COP(=O)(O)OC[C@@H](O)COP(=O)(O)OC[C@@H](COC(=O)CCCCCCCCCCCC(C)C)OC(=O)CCCCCCC/C=C\C=C/CCCCCC)OC(=O)CCCCCCCCCCCCCCCCCC(C)C. The van der Waals surface area contributed by atoms with E-state index in [1.54, 1.807) is 0 Å². The number of carbonyl (C=O) groups is 4. The summed E-state index contributed by atoms with van der Waals surface area (Å²) in [6.07, 6.45) is 66.8. The summed E-state index contributed by atoms with van der Waals surface area (Å²) < 4.78 is 68.6. The number of hydrogen-bond donors (Lipinski definition) is 3. The molecule has 0 aliphatic carbocycles. The van der Waals surface area contributed by atoms with Crippen molar-refractivity contribution in [1.29, 1.82) is 0 Å². The Morgan fingerprint density at radius 1 is 0.310 bits per heavy atom. The van der Waals surface area contributed by atoms with Crippen LogP contribution < -0.4 is 0 Å². The van der Waals surface area contributed by atoms with E-state index in [-0.39, 0.29) is 25.7 Å². The molecule has 5 atom stereocenters. The van der Waals surface area contributed by atoms with Gasteiger partial charge in [-0.05, 0) is 88.9 Å². The second-order valence-corrected chi connectivity index (χ2v) is 31.6. The fourth-order valence-corrected chi connectivity index (χ4v) is 13.0. The number of aliphatic hydroxyl groups is 1. The van der Waals surface area contributed by atoms with Crippen LogP contribution >= 0.6 is 15.6 Å². The lowest BCUT2D eigenvalue weighted by Crippen LogP contribution is -2.30. The van der Waals surface area contributed by atoms with Gasteiger partial charge in [-0.3, -0.25) is 37.3 Å². The van der Waals surface area contributed by atoms with Gasteiger partial charge in [-0.25, -0.2) is 9.13 Å². The van der Waals surface area contributed by atoms with E-state index < -0.39 is 97.5 Å². The Morgan fingerprint density at radius 3 is 0.810 bits per heavy atom. The molecule has 0 saturated carbocycles. The van der Waals surface area contributed by atoms with Crippen molar-refractivity contribution >= 4 is 39.5 Å². The van der Waals surface area contributed by atoms with Crippen molar-refractivity contribution in [3.05, 3.63) is 48.6 Å². The van der Waals surface area contributed by atoms with Gasteiger partial charge in [0.2, 0.25) is 0 Å². The Morgan fingerprint density at radius 2 is 0.540 bits per heavy atom. The van der Waals surface area contributed by atoms with E-state index in [0.29, 0.717) is 25.7 Å². The summed E-state index contributed by atoms with van der Waals surface area (Å²) in [7, 11) is -9.95. The molecule has 0 saturated heterocycles. The summed E-state index contributed by atoms with van der Waals surface area (Å²) in [4.78, 5) is 73.0. The van der Waals surface area contributed by atoms with Gasteiger partial charge in [0, 0.05) is 25.7 Å². The minimum Gasteiger partial charge on any atom is -0.462 e. The number of phosphoric ester groups is 2. The van der Waals surface area contributed by atoms with Crippen molar-refractivity contribution in [2.24, 2.45) is 11.8 Å². The molecular weight excluding hydrogens is 1310 g/mol. The zero-order valence-electron chi connectivity index (χ0n) is 64.5. The number of ether oxygens (including phenoxy) is 4. The van der Waals surface area contributed by atoms with E-state index in [4.69, 9.17) is 37.0 Å². The van der Waals surface area contributed by atoms with Gasteiger partial charge in [0.25, 0.3) is 0 Å². The van der Waals surface area contributed by atoms with E-state index in [1.807, 2.05) is 0 Å². The number of carbonyl (C=O) groups excluding carboxylic acids is 4. The molecule has 0 aromatic heterocycles. The Hall–Kier alpha value is -2.98. The smallest absolute Gasteiger partial charge is 0.462 e. The van der Waals surface area contributed by atoms with Gasteiger partial charge in [-0.15, -0.1) is 0 Å². The van der Waals surface area contributed by atoms with E-state index in [9.17, 15) is 43.2 Å².